The summed E-state index contributed by atoms with van der Waals surface area (Å²) in [6.07, 6.45) is 2.44. The van der Waals surface area contributed by atoms with E-state index in [1.54, 1.807) is 12.1 Å². The zero-order valence-corrected chi connectivity index (χ0v) is 16.7. The summed E-state index contributed by atoms with van der Waals surface area (Å²) in [5.41, 5.74) is 0.751. The largest absolute Gasteiger partial charge is 0.356 e. The van der Waals surface area contributed by atoms with Gasteiger partial charge in [-0.05, 0) is 30.3 Å². The average Bonchev–Trinajstić information content (AvgIpc) is 3.05. The second-order valence-electron chi connectivity index (χ2n) is 5.75. The molecule has 10 heteroatoms. The summed E-state index contributed by atoms with van der Waals surface area (Å²) < 4.78 is 29.3. The number of rotatable bonds is 8. The van der Waals surface area contributed by atoms with Gasteiger partial charge < -0.3 is 5.32 Å². The van der Waals surface area contributed by atoms with E-state index in [-0.39, 0.29) is 23.8 Å². The smallest absolute Gasteiger partial charge is 0.240 e. The first kappa shape index (κ1) is 19.5. The van der Waals surface area contributed by atoms with Crippen molar-refractivity contribution in [1.82, 2.24) is 24.6 Å². The highest BCUT2D eigenvalue weighted by molar-refractivity contribution is 9.10. The number of nitrogens with zero attached hydrogens (tertiary/aromatic N) is 3. The van der Waals surface area contributed by atoms with Crippen molar-refractivity contribution in [2.24, 2.45) is 0 Å². The summed E-state index contributed by atoms with van der Waals surface area (Å²) >= 11 is 3.24. The molecule has 0 bridgehead atoms. The fraction of sp³-hybridized carbons (Fsp3) is 0.235. The SMILES string of the molecule is O=C(CCNS(=O)(=O)c1cccc(Br)c1)NCCc1nnc2ccccn12. The Balaban J connectivity index is 1.43. The van der Waals surface area contributed by atoms with Crippen LogP contribution in [0.25, 0.3) is 5.65 Å². The molecule has 2 N–H and O–H groups in total. The van der Waals surface area contributed by atoms with Gasteiger partial charge in [0, 0.05) is 36.6 Å². The van der Waals surface area contributed by atoms with E-state index in [1.165, 1.54) is 12.1 Å². The predicted molar refractivity (Wildman–Crippen MR) is 104 cm³/mol. The van der Waals surface area contributed by atoms with E-state index in [2.05, 4.69) is 36.2 Å². The van der Waals surface area contributed by atoms with Crippen molar-refractivity contribution >= 4 is 37.5 Å². The van der Waals surface area contributed by atoms with E-state index in [9.17, 15) is 13.2 Å². The Kier molecular flexibility index (Phi) is 6.19. The number of sulfonamides is 1. The molecular weight excluding hydrogens is 434 g/mol. The van der Waals surface area contributed by atoms with Gasteiger partial charge in [-0.3, -0.25) is 9.20 Å². The van der Waals surface area contributed by atoms with Gasteiger partial charge >= 0.3 is 0 Å². The molecule has 0 atom stereocenters. The second kappa shape index (κ2) is 8.59. The lowest BCUT2D eigenvalue weighted by molar-refractivity contribution is -0.120. The van der Waals surface area contributed by atoms with Crippen molar-refractivity contribution in [3.05, 3.63) is 59.0 Å². The maximum absolute atomic E-state index is 12.2. The van der Waals surface area contributed by atoms with Crippen LogP contribution < -0.4 is 10.0 Å². The molecule has 3 aromatic rings. The molecular formula is C17H18BrN5O3S. The lowest BCUT2D eigenvalue weighted by Gasteiger charge is -2.08. The number of pyridine rings is 1. The first-order chi connectivity index (χ1) is 13.0. The summed E-state index contributed by atoms with van der Waals surface area (Å²) in [5, 5.41) is 10.9. The summed E-state index contributed by atoms with van der Waals surface area (Å²) in [6, 6.07) is 12.0. The van der Waals surface area contributed by atoms with E-state index in [1.807, 2.05) is 28.8 Å². The van der Waals surface area contributed by atoms with Crippen molar-refractivity contribution in [3.63, 3.8) is 0 Å². The third-order valence-electron chi connectivity index (χ3n) is 3.81. The van der Waals surface area contributed by atoms with E-state index in [0.29, 0.717) is 17.4 Å². The van der Waals surface area contributed by atoms with Crippen LogP contribution in [0.15, 0.2) is 58.0 Å². The summed E-state index contributed by atoms with van der Waals surface area (Å²) in [5.74, 6) is 0.516. The quantitative estimate of drug-likeness (QED) is 0.539. The maximum Gasteiger partial charge on any atom is 0.240 e. The van der Waals surface area contributed by atoms with Crippen molar-refractivity contribution in [3.8, 4) is 0 Å². The maximum atomic E-state index is 12.2. The Morgan fingerprint density at radius 1 is 1.11 bits per heavy atom. The molecule has 27 heavy (non-hydrogen) atoms. The zero-order chi connectivity index (χ0) is 19.3. The van der Waals surface area contributed by atoms with Crippen LogP contribution in [-0.2, 0) is 21.2 Å². The Hall–Kier alpha value is -2.30. The number of carbonyl (C=O) groups is 1. The molecule has 0 radical (unpaired) electrons. The Labute approximate surface area is 165 Å². The number of aromatic nitrogens is 3. The highest BCUT2D eigenvalue weighted by atomic mass is 79.9. The molecule has 0 aliphatic rings. The highest BCUT2D eigenvalue weighted by Crippen LogP contribution is 2.15. The van der Waals surface area contributed by atoms with E-state index < -0.39 is 10.0 Å². The molecule has 142 valence electrons. The highest BCUT2D eigenvalue weighted by Gasteiger charge is 2.14. The number of halogens is 1. The molecule has 0 aliphatic heterocycles. The zero-order valence-electron chi connectivity index (χ0n) is 14.3. The van der Waals surface area contributed by atoms with E-state index in [0.717, 1.165) is 11.5 Å². The van der Waals surface area contributed by atoms with Crippen LogP contribution in [0.1, 0.15) is 12.2 Å². The normalized spacial score (nSPS) is 11.6. The summed E-state index contributed by atoms with van der Waals surface area (Å²) in [7, 11) is -3.64. The van der Waals surface area contributed by atoms with Gasteiger partial charge in [-0.1, -0.05) is 28.1 Å². The molecule has 0 aliphatic carbocycles. The monoisotopic (exact) mass is 451 g/mol. The molecule has 2 heterocycles. The number of hydrogen-bond acceptors (Lipinski definition) is 5. The fourth-order valence-corrected chi connectivity index (χ4v) is 4.11. The number of fused-ring (bicyclic) bond motifs is 1. The lowest BCUT2D eigenvalue weighted by atomic mass is 10.3. The summed E-state index contributed by atoms with van der Waals surface area (Å²) in [4.78, 5) is 12.1. The minimum atomic E-state index is -3.64. The van der Waals surface area contributed by atoms with Crippen molar-refractivity contribution < 1.29 is 13.2 Å². The molecule has 0 saturated heterocycles. The Bertz CT molecular complexity index is 1050. The van der Waals surface area contributed by atoms with Gasteiger partial charge in [-0.15, -0.1) is 10.2 Å². The van der Waals surface area contributed by atoms with Crippen LogP contribution in [0, 0.1) is 0 Å². The minimum Gasteiger partial charge on any atom is -0.356 e. The number of amides is 1. The fourth-order valence-electron chi connectivity index (χ4n) is 2.48. The first-order valence-electron chi connectivity index (χ1n) is 8.26. The Morgan fingerprint density at radius 3 is 2.78 bits per heavy atom. The van der Waals surface area contributed by atoms with Crippen LogP contribution >= 0.6 is 15.9 Å². The van der Waals surface area contributed by atoms with Gasteiger partial charge in [-0.25, -0.2) is 13.1 Å². The number of benzene rings is 1. The van der Waals surface area contributed by atoms with E-state index in [4.69, 9.17) is 0 Å². The summed E-state index contributed by atoms with van der Waals surface area (Å²) in [6.45, 7) is 0.418. The Morgan fingerprint density at radius 2 is 1.96 bits per heavy atom. The van der Waals surface area contributed by atoms with Gasteiger partial charge in [0.2, 0.25) is 15.9 Å². The molecule has 3 rings (SSSR count). The molecule has 8 nitrogen and oxygen atoms in total. The van der Waals surface area contributed by atoms with Gasteiger partial charge in [0.05, 0.1) is 4.90 Å². The van der Waals surface area contributed by atoms with Crippen molar-refractivity contribution in [1.29, 1.82) is 0 Å². The van der Waals surface area contributed by atoms with Gasteiger partial charge in [0.25, 0.3) is 0 Å². The third kappa shape index (κ3) is 5.12. The average molecular weight is 452 g/mol. The van der Waals surface area contributed by atoms with Crippen molar-refractivity contribution in [2.45, 2.75) is 17.7 Å². The topological polar surface area (TPSA) is 105 Å². The molecule has 1 amide bonds. The second-order valence-corrected chi connectivity index (χ2v) is 8.43. The van der Waals surface area contributed by atoms with Crippen molar-refractivity contribution in [2.75, 3.05) is 13.1 Å². The van der Waals surface area contributed by atoms with E-state index >= 15 is 0 Å². The van der Waals surface area contributed by atoms with Crippen LogP contribution in [0.4, 0.5) is 0 Å². The number of nitrogens with one attached hydrogen (secondary N) is 2. The van der Waals surface area contributed by atoms with Gasteiger partial charge in [-0.2, -0.15) is 0 Å². The molecule has 0 spiro atoms. The number of hydrogen-bond donors (Lipinski definition) is 2. The van der Waals surface area contributed by atoms with Crippen LogP contribution in [0.3, 0.4) is 0 Å². The molecule has 2 aromatic heterocycles. The molecule has 0 saturated carbocycles. The number of carbonyl (C=O) groups excluding carboxylic acids is 1. The van der Waals surface area contributed by atoms with Crippen LogP contribution in [0.2, 0.25) is 0 Å². The predicted octanol–water partition coefficient (Wildman–Crippen LogP) is 1.52. The standard InChI is InChI=1S/C17H18BrN5O3S/c18-13-4-3-5-14(12-13)27(25,26)20-10-8-17(24)19-9-7-16-22-21-15-6-1-2-11-23(15)16/h1-6,11-12,20H,7-10H2,(H,19,24). The first-order valence-corrected chi connectivity index (χ1v) is 10.5. The van der Waals surface area contributed by atoms with Gasteiger partial charge in [0.15, 0.2) is 5.65 Å². The van der Waals surface area contributed by atoms with Gasteiger partial charge in [0.1, 0.15) is 5.82 Å². The van der Waals surface area contributed by atoms with Crippen LogP contribution in [0.5, 0.6) is 0 Å². The van der Waals surface area contributed by atoms with Crippen LogP contribution in [-0.4, -0.2) is 42.0 Å². The third-order valence-corrected chi connectivity index (χ3v) is 5.76. The molecule has 0 unspecified atom stereocenters. The minimum absolute atomic E-state index is 0.0224. The lowest BCUT2D eigenvalue weighted by Crippen LogP contribution is -2.31. The molecule has 0 fully saturated rings. The molecule has 1 aromatic carbocycles.